The lowest BCUT2D eigenvalue weighted by atomic mass is 9.72. The normalized spacial score (nSPS) is 32.8. The van der Waals surface area contributed by atoms with E-state index in [1.165, 1.54) is 0 Å². The third-order valence-electron chi connectivity index (χ3n) is 5.41. The molecule has 0 aromatic heterocycles. The Bertz CT molecular complexity index is 894. The second kappa shape index (κ2) is 6.00. The number of carbonyl (C=O) groups is 4. The van der Waals surface area contributed by atoms with Crippen LogP contribution in [0.5, 0.6) is 0 Å². The van der Waals surface area contributed by atoms with Crippen LogP contribution in [0.15, 0.2) is 42.5 Å². The van der Waals surface area contributed by atoms with Crippen molar-refractivity contribution in [1.82, 2.24) is 0 Å². The molecule has 4 atom stereocenters. The van der Waals surface area contributed by atoms with E-state index in [0.29, 0.717) is 5.69 Å². The number of imide groups is 1. The maximum atomic E-state index is 13.3. The summed E-state index contributed by atoms with van der Waals surface area (Å²) >= 11 is 0. The van der Waals surface area contributed by atoms with Crippen LogP contribution >= 0.6 is 0 Å². The largest absolute Gasteiger partial charge is 0.422 e. The van der Waals surface area contributed by atoms with Gasteiger partial charge in [-0.1, -0.05) is 24.3 Å². The topological polar surface area (TPSA) is 99.2 Å². The molecule has 0 aliphatic carbocycles. The number of anilines is 1. The monoisotopic (exact) mass is 385 g/mol. The van der Waals surface area contributed by atoms with Gasteiger partial charge in [-0.3, -0.25) is 19.2 Å². The van der Waals surface area contributed by atoms with Crippen molar-refractivity contribution in [2.24, 2.45) is 11.8 Å². The Balaban J connectivity index is 1.80. The van der Waals surface area contributed by atoms with Crippen LogP contribution in [0.1, 0.15) is 20.8 Å². The molecule has 2 saturated heterocycles. The van der Waals surface area contributed by atoms with Crippen molar-refractivity contribution in [3.63, 3.8) is 0 Å². The molecule has 28 heavy (non-hydrogen) atoms. The molecular formula is C20H19NO7. The van der Waals surface area contributed by atoms with Crippen molar-refractivity contribution in [3.05, 3.63) is 42.5 Å². The fraction of sp³-hybridized carbons (Fsp3) is 0.400. The Morgan fingerprint density at radius 2 is 1.57 bits per heavy atom. The number of rotatable bonds is 4. The first-order valence-electron chi connectivity index (χ1n) is 8.87. The van der Waals surface area contributed by atoms with Crippen molar-refractivity contribution in [2.45, 2.75) is 38.3 Å². The lowest BCUT2D eigenvalue weighted by Gasteiger charge is -2.34. The molecule has 2 amide bonds. The number of esters is 2. The second-order valence-corrected chi connectivity index (χ2v) is 7.33. The number of fused-ring (bicyclic) bond motifs is 5. The number of nitrogens with zero attached hydrogens (tertiary/aromatic N) is 1. The van der Waals surface area contributed by atoms with E-state index in [2.05, 4.69) is 0 Å². The highest BCUT2D eigenvalue weighted by atomic mass is 16.7. The van der Waals surface area contributed by atoms with Crippen molar-refractivity contribution in [1.29, 1.82) is 0 Å². The summed E-state index contributed by atoms with van der Waals surface area (Å²) in [5.74, 6) is -4.10. The molecule has 1 aromatic rings. The van der Waals surface area contributed by atoms with Gasteiger partial charge in [0, 0.05) is 13.8 Å². The number of amides is 2. The van der Waals surface area contributed by atoms with Gasteiger partial charge in [0.05, 0.1) is 23.1 Å². The average Bonchev–Trinajstić information content (AvgIpc) is 3.20. The number of ether oxygens (including phenoxy) is 3. The minimum atomic E-state index is -1.56. The van der Waals surface area contributed by atoms with Crippen molar-refractivity contribution < 1.29 is 33.4 Å². The summed E-state index contributed by atoms with van der Waals surface area (Å²) in [6.45, 7) is 4.01. The van der Waals surface area contributed by atoms with Gasteiger partial charge < -0.3 is 14.2 Å². The number of hydrogen-bond acceptors (Lipinski definition) is 7. The molecular weight excluding hydrogens is 366 g/mol. The summed E-state index contributed by atoms with van der Waals surface area (Å²) in [5, 5.41) is 0. The lowest BCUT2D eigenvalue weighted by Crippen LogP contribution is -2.52. The fourth-order valence-electron chi connectivity index (χ4n) is 4.40. The number of benzene rings is 1. The van der Waals surface area contributed by atoms with Gasteiger partial charge in [0.1, 0.15) is 0 Å². The second-order valence-electron chi connectivity index (χ2n) is 7.33. The molecule has 3 aliphatic heterocycles. The fourth-order valence-corrected chi connectivity index (χ4v) is 4.40. The van der Waals surface area contributed by atoms with Gasteiger partial charge in [-0.05, 0) is 25.1 Å². The van der Waals surface area contributed by atoms with Crippen LogP contribution in [-0.2, 0) is 33.4 Å². The number of hydrogen-bond donors (Lipinski definition) is 0. The maximum Gasteiger partial charge on any atom is 0.305 e. The van der Waals surface area contributed by atoms with Crippen LogP contribution in [0.2, 0.25) is 0 Å². The molecule has 0 radical (unpaired) electrons. The molecule has 146 valence electrons. The van der Waals surface area contributed by atoms with Gasteiger partial charge in [0.2, 0.25) is 11.8 Å². The van der Waals surface area contributed by atoms with Gasteiger partial charge in [0.15, 0.2) is 5.60 Å². The predicted octanol–water partition coefficient (Wildman–Crippen LogP) is 1.34. The average molecular weight is 385 g/mol. The van der Waals surface area contributed by atoms with Gasteiger partial charge >= 0.3 is 11.9 Å². The van der Waals surface area contributed by atoms with Crippen molar-refractivity contribution in [2.75, 3.05) is 4.90 Å². The Hall–Kier alpha value is -3.00. The first kappa shape index (κ1) is 18.4. The molecule has 3 heterocycles. The molecule has 4 rings (SSSR count). The van der Waals surface area contributed by atoms with Gasteiger partial charge in [-0.15, -0.1) is 0 Å². The van der Waals surface area contributed by atoms with Crippen molar-refractivity contribution >= 4 is 29.4 Å². The smallest absolute Gasteiger partial charge is 0.305 e. The molecule has 0 unspecified atom stereocenters. The maximum absolute atomic E-state index is 13.3. The SMILES string of the molecule is CC(=O)OC(OC(C)=O)[C@]12C=C[C@](C)(O1)[C@@H]1C(=O)N(c3ccccc3)C(=O)[C@@H]12. The number of carbonyl (C=O) groups excluding carboxylic acids is 4. The molecule has 2 bridgehead atoms. The molecule has 1 aromatic carbocycles. The highest BCUT2D eigenvalue weighted by Gasteiger charge is 2.75. The highest BCUT2D eigenvalue weighted by molar-refractivity contribution is 6.23. The van der Waals surface area contributed by atoms with E-state index in [1.54, 1.807) is 49.4 Å². The molecule has 3 aliphatic rings. The summed E-state index contributed by atoms with van der Waals surface area (Å²) in [6.07, 6.45) is 1.74. The highest BCUT2D eigenvalue weighted by Crippen LogP contribution is 2.59. The summed E-state index contributed by atoms with van der Waals surface area (Å²) < 4.78 is 16.5. The van der Waals surface area contributed by atoms with E-state index in [0.717, 1.165) is 18.7 Å². The molecule has 8 nitrogen and oxygen atoms in total. The van der Waals surface area contributed by atoms with E-state index in [4.69, 9.17) is 14.2 Å². The number of para-hydroxylation sites is 1. The zero-order valence-corrected chi connectivity index (χ0v) is 15.6. The first-order valence-corrected chi connectivity index (χ1v) is 8.87. The third kappa shape index (κ3) is 2.41. The Morgan fingerprint density at radius 1 is 1.00 bits per heavy atom. The first-order chi connectivity index (χ1) is 13.2. The van der Waals surface area contributed by atoms with E-state index >= 15 is 0 Å². The quantitative estimate of drug-likeness (QED) is 0.334. The Labute approximate surface area is 161 Å². The third-order valence-corrected chi connectivity index (χ3v) is 5.41. The molecule has 0 spiro atoms. The lowest BCUT2D eigenvalue weighted by molar-refractivity contribution is -0.231. The van der Waals surface area contributed by atoms with Crippen molar-refractivity contribution in [3.8, 4) is 0 Å². The Kier molecular flexibility index (Phi) is 3.94. The zero-order chi connectivity index (χ0) is 20.3. The van der Waals surface area contributed by atoms with Crippen LogP contribution in [0.25, 0.3) is 0 Å². The van der Waals surface area contributed by atoms with E-state index < -0.39 is 53.1 Å². The van der Waals surface area contributed by atoms with E-state index in [-0.39, 0.29) is 0 Å². The molecule has 8 heteroatoms. The minimum absolute atomic E-state index is 0.403. The van der Waals surface area contributed by atoms with Gasteiger partial charge in [0.25, 0.3) is 6.29 Å². The van der Waals surface area contributed by atoms with Crippen LogP contribution in [0.4, 0.5) is 5.69 Å². The Morgan fingerprint density at radius 3 is 2.14 bits per heavy atom. The summed E-state index contributed by atoms with van der Waals surface area (Å²) in [7, 11) is 0. The summed E-state index contributed by atoms with van der Waals surface area (Å²) in [5.41, 5.74) is -2.20. The predicted molar refractivity (Wildman–Crippen MR) is 94.6 cm³/mol. The summed E-state index contributed by atoms with van der Waals surface area (Å²) in [6, 6.07) is 8.57. The zero-order valence-electron chi connectivity index (χ0n) is 15.6. The minimum Gasteiger partial charge on any atom is -0.422 e. The van der Waals surface area contributed by atoms with E-state index in [1.807, 2.05) is 0 Å². The summed E-state index contributed by atoms with van der Waals surface area (Å²) in [4.78, 5) is 50.8. The molecule has 0 N–H and O–H groups in total. The van der Waals surface area contributed by atoms with E-state index in [9.17, 15) is 19.2 Å². The molecule has 0 saturated carbocycles. The molecule has 2 fully saturated rings. The van der Waals surface area contributed by atoms with Crippen LogP contribution < -0.4 is 4.90 Å². The van der Waals surface area contributed by atoms with Gasteiger partial charge in [-0.2, -0.15) is 0 Å². The van der Waals surface area contributed by atoms with Gasteiger partial charge in [-0.25, -0.2) is 4.90 Å². The van der Waals surface area contributed by atoms with Crippen LogP contribution in [0, 0.1) is 11.8 Å². The van der Waals surface area contributed by atoms with Crippen LogP contribution in [0.3, 0.4) is 0 Å². The standard InChI is InChI=1S/C20H19NO7/c1-11(22)26-18(27-12(2)23)20-10-9-19(3,28-20)14-15(20)17(25)21(16(14)24)13-7-5-4-6-8-13/h4-10,14-15,18H,1-3H3/t14-,15+,19-,20+/m0/s1. The van der Waals surface area contributed by atoms with Crippen LogP contribution in [-0.4, -0.2) is 41.2 Å².